The zero-order valence-electron chi connectivity index (χ0n) is 10.4. The molecule has 0 saturated carbocycles. The van der Waals surface area contributed by atoms with Gasteiger partial charge >= 0.3 is 5.97 Å². The highest BCUT2D eigenvalue weighted by Crippen LogP contribution is 2.23. The first kappa shape index (κ1) is 12.3. The van der Waals surface area contributed by atoms with E-state index in [4.69, 9.17) is 4.74 Å². The van der Waals surface area contributed by atoms with Gasteiger partial charge in [-0.05, 0) is 24.3 Å². The van der Waals surface area contributed by atoms with Crippen molar-refractivity contribution in [3.05, 3.63) is 72.1 Å². The second-order valence-electron chi connectivity index (χ2n) is 4.24. The SMILES string of the molecule is O=C1OC(c2ccccc2)=CC1=Nc1ccc(F)cc1. The lowest BCUT2D eigenvalue weighted by Crippen LogP contribution is -2.06. The molecule has 0 amide bonds. The lowest BCUT2D eigenvalue weighted by molar-refractivity contribution is -0.128. The zero-order chi connectivity index (χ0) is 13.9. The average Bonchev–Trinajstić information content (AvgIpc) is 2.84. The molecular formula is C16H10FNO2. The summed E-state index contributed by atoms with van der Waals surface area (Å²) in [5, 5.41) is 0. The number of cyclic esters (lactones) is 1. The van der Waals surface area contributed by atoms with E-state index >= 15 is 0 Å². The fourth-order valence-electron chi connectivity index (χ4n) is 1.84. The molecule has 0 radical (unpaired) electrons. The highest BCUT2D eigenvalue weighted by molar-refractivity contribution is 6.46. The quantitative estimate of drug-likeness (QED) is 0.781. The van der Waals surface area contributed by atoms with Gasteiger partial charge in [0, 0.05) is 11.6 Å². The first-order valence-corrected chi connectivity index (χ1v) is 6.06. The van der Waals surface area contributed by atoms with E-state index in [1.807, 2.05) is 30.3 Å². The number of rotatable bonds is 2. The van der Waals surface area contributed by atoms with Gasteiger partial charge in [-0.2, -0.15) is 0 Å². The van der Waals surface area contributed by atoms with Crippen molar-refractivity contribution in [1.29, 1.82) is 0 Å². The fourth-order valence-corrected chi connectivity index (χ4v) is 1.84. The van der Waals surface area contributed by atoms with Gasteiger partial charge in [0.2, 0.25) is 0 Å². The lowest BCUT2D eigenvalue weighted by atomic mass is 10.2. The van der Waals surface area contributed by atoms with Crippen molar-refractivity contribution in [3.8, 4) is 0 Å². The van der Waals surface area contributed by atoms with E-state index < -0.39 is 5.97 Å². The molecule has 3 rings (SSSR count). The largest absolute Gasteiger partial charge is 0.421 e. The van der Waals surface area contributed by atoms with Crippen molar-refractivity contribution in [3.63, 3.8) is 0 Å². The highest BCUT2D eigenvalue weighted by Gasteiger charge is 2.23. The van der Waals surface area contributed by atoms with Gasteiger partial charge in [-0.15, -0.1) is 0 Å². The highest BCUT2D eigenvalue weighted by atomic mass is 19.1. The third-order valence-electron chi connectivity index (χ3n) is 2.81. The Balaban J connectivity index is 1.92. The molecule has 4 heteroatoms. The minimum atomic E-state index is -0.506. The van der Waals surface area contributed by atoms with E-state index in [1.54, 1.807) is 6.08 Å². The summed E-state index contributed by atoms with van der Waals surface area (Å²) in [5.74, 6) is -0.381. The van der Waals surface area contributed by atoms with Crippen molar-refractivity contribution in [1.82, 2.24) is 0 Å². The van der Waals surface area contributed by atoms with Crippen LogP contribution in [0, 0.1) is 5.82 Å². The molecule has 0 unspecified atom stereocenters. The van der Waals surface area contributed by atoms with Crippen LogP contribution < -0.4 is 0 Å². The topological polar surface area (TPSA) is 38.7 Å². The molecule has 0 saturated heterocycles. The van der Waals surface area contributed by atoms with Crippen LogP contribution >= 0.6 is 0 Å². The van der Waals surface area contributed by atoms with Gasteiger partial charge in [-0.3, -0.25) is 0 Å². The molecule has 3 nitrogen and oxygen atoms in total. The number of aliphatic imine (C=N–C) groups is 1. The molecule has 98 valence electrons. The monoisotopic (exact) mass is 267 g/mol. The molecule has 0 fully saturated rings. The molecular weight excluding hydrogens is 257 g/mol. The number of benzene rings is 2. The van der Waals surface area contributed by atoms with Crippen LogP contribution in [0.15, 0.2) is 65.7 Å². The van der Waals surface area contributed by atoms with E-state index in [0.717, 1.165) is 5.56 Å². The van der Waals surface area contributed by atoms with E-state index in [0.29, 0.717) is 11.4 Å². The molecule has 0 atom stereocenters. The van der Waals surface area contributed by atoms with E-state index in [9.17, 15) is 9.18 Å². The molecule has 2 aromatic carbocycles. The number of nitrogens with zero attached hydrogens (tertiary/aromatic N) is 1. The summed E-state index contributed by atoms with van der Waals surface area (Å²) < 4.78 is 18.0. The molecule has 0 aliphatic carbocycles. The Labute approximate surface area is 115 Å². The zero-order valence-corrected chi connectivity index (χ0v) is 10.4. The van der Waals surface area contributed by atoms with Crippen LogP contribution in [0.25, 0.3) is 5.76 Å². The van der Waals surface area contributed by atoms with Crippen LogP contribution in [0.5, 0.6) is 0 Å². The second-order valence-corrected chi connectivity index (χ2v) is 4.24. The van der Waals surface area contributed by atoms with Crippen molar-refractivity contribution in [2.75, 3.05) is 0 Å². The summed E-state index contributed by atoms with van der Waals surface area (Å²) in [6.07, 6.45) is 1.58. The van der Waals surface area contributed by atoms with Gasteiger partial charge in [-0.25, -0.2) is 14.2 Å². The third kappa shape index (κ3) is 2.49. The van der Waals surface area contributed by atoms with E-state index in [-0.39, 0.29) is 11.5 Å². The summed E-state index contributed by atoms with van der Waals surface area (Å²) in [6.45, 7) is 0. The van der Waals surface area contributed by atoms with Crippen LogP contribution in [0.1, 0.15) is 5.56 Å². The maximum Gasteiger partial charge on any atom is 0.362 e. The van der Waals surface area contributed by atoms with Crippen molar-refractivity contribution < 1.29 is 13.9 Å². The van der Waals surface area contributed by atoms with Crippen LogP contribution in [-0.4, -0.2) is 11.7 Å². The van der Waals surface area contributed by atoms with Crippen LogP contribution in [0.4, 0.5) is 10.1 Å². The Kier molecular flexibility index (Phi) is 3.13. The summed E-state index contributed by atoms with van der Waals surface area (Å²) in [4.78, 5) is 15.9. The summed E-state index contributed by atoms with van der Waals surface area (Å²) >= 11 is 0. The maximum absolute atomic E-state index is 12.8. The molecule has 20 heavy (non-hydrogen) atoms. The van der Waals surface area contributed by atoms with Gasteiger partial charge in [0.25, 0.3) is 0 Å². The minimum absolute atomic E-state index is 0.204. The minimum Gasteiger partial charge on any atom is -0.421 e. The Hall–Kier alpha value is -2.75. The molecule has 1 aliphatic heterocycles. The average molecular weight is 267 g/mol. The molecule has 0 N–H and O–H groups in total. The number of carbonyl (C=O) groups is 1. The molecule has 0 bridgehead atoms. The normalized spacial score (nSPS) is 16.1. The first-order valence-electron chi connectivity index (χ1n) is 6.06. The smallest absolute Gasteiger partial charge is 0.362 e. The first-order chi connectivity index (χ1) is 9.72. The second kappa shape index (κ2) is 5.09. The third-order valence-corrected chi connectivity index (χ3v) is 2.81. The van der Waals surface area contributed by atoms with Crippen LogP contribution in [0.3, 0.4) is 0 Å². The summed E-state index contributed by atoms with van der Waals surface area (Å²) in [7, 11) is 0. The molecule has 0 spiro atoms. The summed E-state index contributed by atoms with van der Waals surface area (Å²) in [5.41, 5.74) is 1.52. The Morgan fingerprint density at radius 3 is 2.35 bits per heavy atom. The lowest BCUT2D eigenvalue weighted by Gasteiger charge is -1.99. The summed E-state index contributed by atoms with van der Waals surface area (Å²) in [6, 6.07) is 14.9. The molecule has 1 heterocycles. The fraction of sp³-hybridized carbons (Fsp3) is 0. The maximum atomic E-state index is 12.8. The number of hydrogen-bond donors (Lipinski definition) is 0. The standard InChI is InChI=1S/C16H10FNO2/c17-12-6-8-13(9-7-12)18-14-10-15(20-16(14)19)11-4-2-1-3-5-11/h1-10H. The van der Waals surface area contributed by atoms with Gasteiger partial charge < -0.3 is 4.74 Å². The van der Waals surface area contributed by atoms with Crippen molar-refractivity contribution >= 4 is 23.1 Å². The Morgan fingerprint density at radius 2 is 1.65 bits per heavy atom. The number of carbonyl (C=O) groups excluding carboxylic acids is 1. The Bertz CT molecular complexity index is 703. The van der Waals surface area contributed by atoms with E-state index in [1.165, 1.54) is 24.3 Å². The number of ether oxygens (including phenoxy) is 1. The van der Waals surface area contributed by atoms with Gasteiger partial charge in [-0.1, -0.05) is 30.3 Å². The predicted octanol–water partition coefficient (Wildman–Crippen LogP) is 3.50. The van der Waals surface area contributed by atoms with Crippen LogP contribution in [-0.2, 0) is 9.53 Å². The molecule has 0 aromatic heterocycles. The number of halogens is 1. The van der Waals surface area contributed by atoms with Crippen molar-refractivity contribution in [2.24, 2.45) is 4.99 Å². The van der Waals surface area contributed by atoms with Gasteiger partial charge in [0.05, 0.1) is 5.69 Å². The number of hydrogen-bond acceptors (Lipinski definition) is 3. The molecule has 2 aromatic rings. The molecule has 1 aliphatic rings. The van der Waals surface area contributed by atoms with Gasteiger partial charge in [0.15, 0.2) is 5.71 Å². The van der Waals surface area contributed by atoms with Crippen LogP contribution in [0.2, 0.25) is 0 Å². The van der Waals surface area contributed by atoms with E-state index in [2.05, 4.69) is 4.99 Å². The predicted molar refractivity (Wildman–Crippen MR) is 74.0 cm³/mol. The van der Waals surface area contributed by atoms with Gasteiger partial charge in [0.1, 0.15) is 11.6 Å². The van der Waals surface area contributed by atoms with Crippen molar-refractivity contribution in [2.45, 2.75) is 0 Å². The number of esters is 1. The Morgan fingerprint density at radius 1 is 0.950 bits per heavy atom.